The first-order valence-corrected chi connectivity index (χ1v) is 3.24. The molecule has 0 bridgehead atoms. The van der Waals surface area contributed by atoms with Crippen LogP contribution in [0.1, 0.15) is 13.3 Å². The number of carbonyl (C=O) groups excluding carboxylic acids is 2. The van der Waals surface area contributed by atoms with Crippen molar-refractivity contribution in [1.29, 1.82) is 0 Å². The minimum absolute atomic E-state index is 0.0837. The van der Waals surface area contributed by atoms with Gasteiger partial charge >= 0.3 is 0 Å². The van der Waals surface area contributed by atoms with Gasteiger partial charge in [0, 0.05) is 6.04 Å². The van der Waals surface area contributed by atoms with Gasteiger partial charge in [-0.3, -0.25) is 9.59 Å². The fourth-order valence-corrected chi connectivity index (χ4v) is 1.09. The zero-order valence-electron chi connectivity index (χ0n) is 5.76. The summed E-state index contributed by atoms with van der Waals surface area (Å²) in [6.07, 6.45) is 1.25. The molecule has 56 valence electrons. The Balaban J connectivity index is 2.46. The predicted octanol–water partition coefficient (Wildman–Crippen LogP) is -0.991. The zero-order chi connectivity index (χ0) is 7.56. The molecule has 0 aromatic rings. The molecule has 0 aliphatic carbocycles. The average Bonchev–Trinajstić information content (AvgIpc) is 2.13. The molecule has 0 saturated carbocycles. The molecular weight excluding hydrogens is 132 g/mol. The van der Waals surface area contributed by atoms with E-state index in [2.05, 4.69) is 10.6 Å². The van der Waals surface area contributed by atoms with Crippen molar-refractivity contribution in [3.63, 3.8) is 0 Å². The molecule has 2 amide bonds. The molecule has 1 rings (SSSR count). The molecule has 2 unspecified atom stereocenters. The monoisotopic (exact) mass is 142 g/mol. The highest BCUT2D eigenvalue weighted by Crippen LogP contribution is 2.05. The Labute approximate surface area is 59.0 Å². The highest BCUT2D eigenvalue weighted by molar-refractivity contribution is 5.85. The number of rotatable bonds is 2. The third kappa shape index (κ3) is 1.26. The first-order chi connectivity index (χ1) is 4.74. The average molecular weight is 142 g/mol. The third-order valence-electron chi connectivity index (χ3n) is 1.56. The Morgan fingerprint density at radius 3 is 2.90 bits per heavy atom. The lowest BCUT2D eigenvalue weighted by Crippen LogP contribution is -2.35. The molecule has 4 heteroatoms. The topological polar surface area (TPSA) is 58.2 Å². The van der Waals surface area contributed by atoms with Gasteiger partial charge in [-0.15, -0.1) is 0 Å². The summed E-state index contributed by atoms with van der Waals surface area (Å²) in [6.45, 7) is 1.91. The second kappa shape index (κ2) is 2.68. The maximum Gasteiger partial charge on any atom is 0.242 e. The fourth-order valence-electron chi connectivity index (χ4n) is 1.09. The van der Waals surface area contributed by atoms with Crippen molar-refractivity contribution < 1.29 is 9.59 Å². The van der Waals surface area contributed by atoms with E-state index >= 15 is 0 Å². The second-order valence-corrected chi connectivity index (χ2v) is 2.48. The summed E-state index contributed by atoms with van der Waals surface area (Å²) >= 11 is 0. The highest BCUT2D eigenvalue weighted by Gasteiger charge is 2.28. The van der Waals surface area contributed by atoms with Crippen molar-refractivity contribution in [2.75, 3.05) is 0 Å². The van der Waals surface area contributed by atoms with Crippen molar-refractivity contribution in [2.24, 2.45) is 0 Å². The van der Waals surface area contributed by atoms with Crippen LogP contribution in [0.3, 0.4) is 0 Å². The highest BCUT2D eigenvalue weighted by atomic mass is 16.2. The second-order valence-electron chi connectivity index (χ2n) is 2.48. The van der Waals surface area contributed by atoms with Gasteiger partial charge in [-0.25, -0.2) is 0 Å². The van der Waals surface area contributed by atoms with E-state index in [9.17, 15) is 9.59 Å². The van der Waals surface area contributed by atoms with E-state index in [4.69, 9.17) is 0 Å². The molecule has 0 spiro atoms. The van der Waals surface area contributed by atoms with Gasteiger partial charge in [-0.1, -0.05) is 0 Å². The first kappa shape index (κ1) is 7.05. The van der Waals surface area contributed by atoms with E-state index in [0.717, 1.165) is 0 Å². The van der Waals surface area contributed by atoms with Crippen LogP contribution < -0.4 is 10.6 Å². The fraction of sp³-hybridized carbons (Fsp3) is 0.667. The Kier molecular flexibility index (Phi) is 1.89. The minimum atomic E-state index is -0.313. The van der Waals surface area contributed by atoms with E-state index < -0.39 is 0 Å². The molecule has 1 aliphatic heterocycles. The summed E-state index contributed by atoms with van der Waals surface area (Å²) in [5.41, 5.74) is 0. The van der Waals surface area contributed by atoms with Crippen LogP contribution in [0.5, 0.6) is 0 Å². The first-order valence-electron chi connectivity index (χ1n) is 3.24. The van der Waals surface area contributed by atoms with E-state index in [-0.39, 0.29) is 18.0 Å². The Bertz CT molecular complexity index is 158. The van der Waals surface area contributed by atoms with Crippen LogP contribution in [-0.2, 0) is 9.59 Å². The zero-order valence-corrected chi connectivity index (χ0v) is 5.76. The van der Waals surface area contributed by atoms with Crippen molar-refractivity contribution in [3.8, 4) is 0 Å². The molecule has 2 atom stereocenters. The molecule has 2 N–H and O–H groups in total. The molecule has 0 aromatic carbocycles. The van der Waals surface area contributed by atoms with Crippen molar-refractivity contribution in [2.45, 2.75) is 25.4 Å². The van der Waals surface area contributed by atoms with Gasteiger partial charge in [0.1, 0.15) is 6.04 Å². The Hall–Kier alpha value is -1.06. The number of hydrogen-bond acceptors (Lipinski definition) is 2. The predicted molar refractivity (Wildman–Crippen MR) is 35.2 cm³/mol. The molecule has 1 saturated heterocycles. The Morgan fingerprint density at radius 1 is 1.80 bits per heavy atom. The van der Waals surface area contributed by atoms with Gasteiger partial charge in [-0.2, -0.15) is 0 Å². The van der Waals surface area contributed by atoms with Gasteiger partial charge in [0.2, 0.25) is 12.3 Å². The number of hydrogen-bond donors (Lipinski definition) is 2. The van der Waals surface area contributed by atoms with Crippen LogP contribution in [0.4, 0.5) is 0 Å². The SMILES string of the molecule is CC1CC(NC=O)C(=O)N1. The van der Waals surface area contributed by atoms with Crippen molar-refractivity contribution in [3.05, 3.63) is 0 Å². The maximum absolute atomic E-state index is 10.8. The van der Waals surface area contributed by atoms with Crippen LogP contribution in [0.15, 0.2) is 0 Å². The lowest BCUT2D eigenvalue weighted by atomic mass is 10.2. The molecule has 10 heavy (non-hydrogen) atoms. The van der Waals surface area contributed by atoms with Crippen molar-refractivity contribution >= 4 is 12.3 Å². The molecule has 1 heterocycles. The standard InChI is InChI=1S/C6H10N2O2/c1-4-2-5(7-3-9)6(10)8-4/h3-5H,2H2,1H3,(H,7,9)(H,8,10). The normalized spacial score (nSPS) is 31.5. The maximum atomic E-state index is 10.8. The largest absolute Gasteiger partial charge is 0.352 e. The smallest absolute Gasteiger partial charge is 0.242 e. The molecule has 0 aromatic heterocycles. The molecule has 0 radical (unpaired) electrons. The van der Waals surface area contributed by atoms with E-state index in [1.54, 1.807) is 0 Å². The van der Waals surface area contributed by atoms with Crippen LogP contribution >= 0.6 is 0 Å². The summed E-state index contributed by atoms with van der Waals surface area (Å²) in [6, 6.07) is -0.127. The summed E-state index contributed by atoms with van der Waals surface area (Å²) < 4.78 is 0. The lowest BCUT2D eigenvalue weighted by Gasteiger charge is -2.01. The van der Waals surface area contributed by atoms with E-state index in [0.29, 0.717) is 12.8 Å². The number of carbonyl (C=O) groups is 2. The van der Waals surface area contributed by atoms with Crippen LogP contribution in [0.25, 0.3) is 0 Å². The van der Waals surface area contributed by atoms with Gasteiger partial charge in [0.05, 0.1) is 0 Å². The molecular formula is C6H10N2O2. The van der Waals surface area contributed by atoms with Crippen molar-refractivity contribution in [1.82, 2.24) is 10.6 Å². The number of nitrogens with one attached hydrogen (secondary N) is 2. The van der Waals surface area contributed by atoms with E-state index in [1.165, 1.54) is 0 Å². The van der Waals surface area contributed by atoms with Gasteiger partial charge in [0.15, 0.2) is 0 Å². The van der Waals surface area contributed by atoms with Crippen LogP contribution in [0, 0.1) is 0 Å². The van der Waals surface area contributed by atoms with Crippen LogP contribution in [0.2, 0.25) is 0 Å². The summed E-state index contributed by atoms with van der Waals surface area (Å²) in [7, 11) is 0. The third-order valence-corrected chi connectivity index (χ3v) is 1.56. The molecule has 1 fully saturated rings. The lowest BCUT2D eigenvalue weighted by molar-refractivity contribution is -0.123. The number of amides is 2. The van der Waals surface area contributed by atoms with Gasteiger partial charge in [0.25, 0.3) is 0 Å². The summed E-state index contributed by atoms with van der Waals surface area (Å²) in [4.78, 5) is 20.8. The minimum Gasteiger partial charge on any atom is -0.352 e. The van der Waals surface area contributed by atoms with Crippen LogP contribution in [-0.4, -0.2) is 24.4 Å². The van der Waals surface area contributed by atoms with E-state index in [1.807, 2.05) is 6.92 Å². The molecule has 1 aliphatic rings. The van der Waals surface area contributed by atoms with Gasteiger partial charge in [-0.05, 0) is 13.3 Å². The Morgan fingerprint density at radius 2 is 2.50 bits per heavy atom. The molecule has 4 nitrogen and oxygen atoms in total. The summed E-state index contributed by atoms with van der Waals surface area (Å²) in [5.74, 6) is -0.0837. The quantitative estimate of drug-likeness (QED) is 0.486. The summed E-state index contributed by atoms with van der Waals surface area (Å²) in [5, 5.41) is 5.12. The van der Waals surface area contributed by atoms with Gasteiger partial charge < -0.3 is 10.6 Å².